The van der Waals surface area contributed by atoms with Crippen LogP contribution in [0.3, 0.4) is 0 Å². The summed E-state index contributed by atoms with van der Waals surface area (Å²) in [6.07, 6.45) is 20.4. The highest BCUT2D eigenvalue weighted by Crippen LogP contribution is 2.26. The number of carbonyl (C=O) groups excluding carboxylic acids is 1. The van der Waals surface area contributed by atoms with Crippen LogP contribution in [0.1, 0.15) is 83.6 Å². The van der Waals surface area contributed by atoms with E-state index in [1.165, 1.54) is 63.4 Å². The number of hydrogen-bond acceptors (Lipinski definition) is 2. The zero-order chi connectivity index (χ0) is 20.7. The average Bonchev–Trinajstić information content (AvgIpc) is 2.74. The first kappa shape index (κ1) is 23.2. The van der Waals surface area contributed by atoms with Gasteiger partial charge < -0.3 is 4.74 Å². The van der Waals surface area contributed by atoms with Gasteiger partial charge in [0, 0.05) is 0 Å². The van der Waals surface area contributed by atoms with Gasteiger partial charge >= 0.3 is 0 Å². The molecule has 0 spiro atoms. The van der Waals surface area contributed by atoms with Crippen molar-refractivity contribution in [3.05, 3.63) is 65.0 Å². The fraction of sp³-hybridized carbons (Fsp3) is 0.519. The third-order valence-corrected chi connectivity index (χ3v) is 5.74. The fourth-order valence-electron chi connectivity index (χ4n) is 3.99. The van der Waals surface area contributed by atoms with Gasteiger partial charge in [0.2, 0.25) is 0 Å². The van der Waals surface area contributed by atoms with E-state index in [4.69, 9.17) is 4.74 Å². The highest BCUT2D eigenvalue weighted by molar-refractivity contribution is 5.72. The van der Waals surface area contributed by atoms with Gasteiger partial charge in [0.15, 0.2) is 12.0 Å². The molecule has 0 amide bonds. The minimum atomic E-state index is 0.460. The molecule has 1 aliphatic rings. The second-order valence-electron chi connectivity index (χ2n) is 8.13. The molecule has 1 saturated carbocycles. The Morgan fingerprint density at radius 3 is 2.45 bits per heavy atom. The van der Waals surface area contributed by atoms with E-state index < -0.39 is 0 Å². The second-order valence-corrected chi connectivity index (χ2v) is 8.13. The smallest absolute Gasteiger partial charge is 0.184 e. The molecule has 0 aromatic heterocycles. The number of rotatable bonds is 6. The zero-order valence-corrected chi connectivity index (χ0v) is 18.4. The predicted octanol–water partition coefficient (Wildman–Crippen LogP) is 7.67. The normalized spacial score (nSPS) is 21.9. The Hall–Kier alpha value is -2.09. The first-order valence-corrected chi connectivity index (χ1v) is 11.4. The molecule has 0 aliphatic heterocycles. The molecule has 1 unspecified atom stereocenters. The second kappa shape index (κ2) is 14.0. The number of hydrogen-bond donors (Lipinski definition) is 0. The molecule has 0 bridgehead atoms. The van der Waals surface area contributed by atoms with Crippen LogP contribution in [-0.4, -0.2) is 12.9 Å². The topological polar surface area (TPSA) is 26.3 Å². The molecule has 0 saturated heterocycles. The number of carbonyl (C=O) groups is 1. The van der Waals surface area contributed by atoms with Crippen LogP contribution in [0.15, 0.2) is 59.4 Å². The van der Waals surface area contributed by atoms with Crippen molar-refractivity contribution in [2.45, 2.75) is 78.1 Å². The van der Waals surface area contributed by atoms with E-state index in [9.17, 15) is 4.79 Å². The maximum Gasteiger partial charge on any atom is 0.184 e. The lowest BCUT2D eigenvalue weighted by molar-refractivity contribution is -0.107. The van der Waals surface area contributed by atoms with Crippen molar-refractivity contribution in [3.63, 3.8) is 0 Å². The Kier molecular flexibility index (Phi) is 11.2. The molecule has 2 rings (SSSR count). The van der Waals surface area contributed by atoms with E-state index in [1.54, 1.807) is 5.57 Å². The molecule has 0 N–H and O–H groups in total. The summed E-state index contributed by atoms with van der Waals surface area (Å²) in [5.41, 5.74) is 3.81. The van der Waals surface area contributed by atoms with E-state index in [2.05, 4.69) is 48.6 Å². The van der Waals surface area contributed by atoms with Gasteiger partial charge in [0.05, 0.1) is 6.61 Å². The molecule has 1 fully saturated rings. The van der Waals surface area contributed by atoms with Crippen molar-refractivity contribution >= 4 is 12.4 Å². The molecule has 1 atom stereocenters. The summed E-state index contributed by atoms with van der Waals surface area (Å²) in [7, 11) is 0. The highest BCUT2D eigenvalue weighted by Gasteiger charge is 2.10. The van der Waals surface area contributed by atoms with Gasteiger partial charge in [0.25, 0.3) is 0 Å². The number of allylic oxidation sites excluding steroid dienone is 5. The molecule has 0 heterocycles. The lowest BCUT2D eigenvalue weighted by Crippen LogP contribution is -2.01. The van der Waals surface area contributed by atoms with E-state index >= 15 is 0 Å². The SMILES string of the molecule is CCOC(C=O)=C(C)C=CC1CCCCCCCCC(=Cc2ccccc2)CC1. The van der Waals surface area contributed by atoms with Crippen molar-refractivity contribution in [2.24, 2.45) is 5.92 Å². The van der Waals surface area contributed by atoms with Gasteiger partial charge in [-0.25, -0.2) is 0 Å². The third kappa shape index (κ3) is 9.30. The van der Waals surface area contributed by atoms with E-state index in [1.807, 2.05) is 13.8 Å². The van der Waals surface area contributed by atoms with Crippen LogP contribution in [0.25, 0.3) is 6.08 Å². The molecular weight excluding hydrogens is 356 g/mol. The highest BCUT2D eigenvalue weighted by atomic mass is 16.5. The first-order valence-electron chi connectivity index (χ1n) is 11.4. The quantitative estimate of drug-likeness (QED) is 0.214. The average molecular weight is 395 g/mol. The maximum atomic E-state index is 11.2. The summed E-state index contributed by atoms with van der Waals surface area (Å²) >= 11 is 0. The van der Waals surface area contributed by atoms with Gasteiger partial charge in [-0.1, -0.05) is 86.2 Å². The molecule has 2 nitrogen and oxygen atoms in total. The van der Waals surface area contributed by atoms with Crippen molar-refractivity contribution in [1.82, 2.24) is 0 Å². The Labute approximate surface area is 177 Å². The van der Waals surface area contributed by atoms with Crippen molar-refractivity contribution in [1.29, 1.82) is 0 Å². The Balaban J connectivity index is 2.10. The zero-order valence-electron chi connectivity index (χ0n) is 18.4. The largest absolute Gasteiger partial charge is 0.490 e. The van der Waals surface area contributed by atoms with Crippen molar-refractivity contribution in [3.8, 4) is 0 Å². The van der Waals surface area contributed by atoms with Gasteiger partial charge in [-0.15, -0.1) is 0 Å². The van der Waals surface area contributed by atoms with E-state index in [0.717, 1.165) is 18.3 Å². The van der Waals surface area contributed by atoms with Crippen LogP contribution in [0.4, 0.5) is 0 Å². The van der Waals surface area contributed by atoms with Crippen LogP contribution in [0.5, 0.6) is 0 Å². The Bertz CT molecular complexity index is 682. The molecule has 158 valence electrons. The molecule has 1 aromatic carbocycles. The van der Waals surface area contributed by atoms with Crippen LogP contribution >= 0.6 is 0 Å². The number of aldehydes is 1. The van der Waals surface area contributed by atoms with E-state index in [-0.39, 0.29) is 0 Å². The van der Waals surface area contributed by atoms with Gasteiger partial charge in [-0.05, 0) is 63.0 Å². The van der Waals surface area contributed by atoms with Crippen LogP contribution in [0.2, 0.25) is 0 Å². The summed E-state index contributed by atoms with van der Waals surface area (Å²) in [6.45, 7) is 4.40. The van der Waals surface area contributed by atoms with Gasteiger partial charge in [-0.2, -0.15) is 0 Å². The lowest BCUT2D eigenvalue weighted by Gasteiger charge is -2.16. The third-order valence-electron chi connectivity index (χ3n) is 5.74. The molecule has 1 aliphatic carbocycles. The van der Waals surface area contributed by atoms with Crippen molar-refractivity contribution in [2.75, 3.05) is 6.61 Å². The minimum absolute atomic E-state index is 0.460. The van der Waals surface area contributed by atoms with Gasteiger partial charge in [-0.3, -0.25) is 4.79 Å². The molecular formula is C27H38O2. The van der Waals surface area contributed by atoms with Crippen LogP contribution in [-0.2, 0) is 9.53 Å². The first-order chi connectivity index (χ1) is 14.2. The lowest BCUT2D eigenvalue weighted by atomic mass is 9.89. The fourth-order valence-corrected chi connectivity index (χ4v) is 3.99. The predicted molar refractivity (Wildman–Crippen MR) is 124 cm³/mol. The van der Waals surface area contributed by atoms with Gasteiger partial charge in [0.1, 0.15) is 0 Å². The Morgan fingerprint density at radius 1 is 1.00 bits per heavy atom. The monoisotopic (exact) mass is 394 g/mol. The number of benzene rings is 1. The molecule has 0 radical (unpaired) electrons. The summed E-state index contributed by atoms with van der Waals surface area (Å²) < 4.78 is 5.44. The van der Waals surface area contributed by atoms with Crippen LogP contribution in [0, 0.1) is 5.92 Å². The maximum absolute atomic E-state index is 11.2. The summed E-state index contributed by atoms with van der Waals surface area (Å²) in [6, 6.07) is 10.7. The Morgan fingerprint density at radius 2 is 1.72 bits per heavy atom. The van der Waals surface area contributed by atoms with Crippen LogP contribution < -0.4 is 0 Å². The van der Waals surface area contributed by atoms with Crippen molar-refractivity contribution < 1.29 is 9.53 Å². The summed E-state index contributed by atoms with van der Waals surface area (Å²) in [5.74, 6) is 1.01. The standard InChI is InChI=1S/C27H38O2/c1-3-29-27(22-28)23(2)17-18-24-13-9-6-4-5-7-10-16-26(20-19-24)21-25-14-11-8-12-15-25/h8,11-12,14-15,17-18,21-22,24H,3-7,9-10,13,16,19-20H2,1-2H3. The summed E-state index contributed by atoms with van der Waals surface area (Å²) in [5, 5.41) is 0. The minimum Gasteiger partial charge on any atom is -0.490 e. The molecule has 1 aromatic rings. The van der Waals surface area contributed by atoms with E-state index in [0.29, 0.717) is 18.3 Å². The molecule has 2 heteroatoms. The number of ether oxygens (including phenoxy) is 1. The summed E-state index contributed by atoms with van der Waals surface area (Å²) in [4.78, 5) is 11.2. The molecule has 29 heavy (non-hydrogen) atoms.